The summed E-state index contributed by atoms with van der Waals surface area (Å²) in [4.78, 5) is 27.4. The van der Waals surface area contributed by atoms with E-state index in [4.69, 9.17) is 5.26 Å². The van der Waals surface area contributed by atoms with Gasteiger partial charge in [-0.15, -0.1) is 0 Å². The maximum absolute atomic E-state index is 12.3. The fourth-order valence-electron chi connectivity index (χ4n) is 2.52. The number of hydrogen-bond donors (Lipinski definition) is 0. The Morgan fingerprint density at radius 3 is 2.48 bits per heavy atom. The zero-order valence-corrected chi connectivity index (χ0v) is 13.4. The first-order chi connectivity index (χ1) is 11.1. The lowest BCUT2D eigenvalue weighted by Crippen LogP contribution is -2.36. The molecule has 1 aliphatic heterocycles. The maximum atomic E-state index is 12.3. The van der Waals surface area contributed by atoms with E-state index in [-0.39, 0.29) is 18.2 Å². The van der Waals surface area contributed by atoms with E-state index < -0.39 is 0 Å². The normalized spacial score (nSPS) is 15.3. The smallest absolute Gasteiger partial charge is 0.246 e. The van der Waals surface area contributed by atoms with Gasteiger partial charge in [0.1, 0.15) is 6.42 Å². The Morgan fingerprint density at radius 1 is 1.13 bits per heavy atom. The standard InChI is InChI=1S/C18H21N3O2/c1-15-3-5-16(6-4-15)7-8-17(22)20-11-2-12-21(14-13-20)18(23)9-10-19/h3-8H,2,9,11-14H2,1H3/b8-7+. The molecule has 1 aliphatic rings. The number of carbonyl (C=O) groups excluding carboxylic acids is 2. The number of amides is 2. The topological polar surface area (TPSA) is 64.4 Å². The van der Waals surface area contributed by atoms with E-state index in [0.717, 1.165) is 12.0 Å². The van der Waals surface area contributed by atoms with Crippen LogP contribution in [0.15, 0.2) is 30.3 Å². The molecule has 23 heavy (non-hydrogen) atoms. The molecule has 0 unspecified atom stereocenters. The quantitative estimate of drug-likeness (QED) is 0.802. The molecule has 5 heteroatoms. The number of carbonyl (C=O) groups is 2. The lowest BCUT2D eigenvalue weighted by molar-refractivity contribution is -0.131. The maximum Gasteiger partial charge on any atom is 0.246 e. The van der Waals surface area contributed by atoms with Crippen molar-refractivity contribution < 1.29 is 9.59 Å². The summed E-state index contributed by atoms with van der Waals surface area (Å²) in [7, 11) is 0. The van der Waals surface area contributed by atoms with Crippen LogP contribution in [-0.2, 0) is 9.59 Å². The summed E-state index contributed by atoms with van der Waals surface area (Å²) in [5.41, 5.74) is 2.17. The summed E-state index contributed by atoms with van der Waals surface area (Å²) in [6.45, 7) is 4.26. The molecule has 1 aromatic rings. The van der Waals surface area contributed by atoms with Crippen molar-refractivity contribution in [3.8, 4) is 6.07 Å². The Bertz CT molecular complexity index is 629. The van der Waals surface area contributed by atoms with Crippen LogP contribution in [0, 0.1) is 18.3 Å². The van der Waals surface area contributed by atoms with Gasteiger partial charge in [-0.05, 0) is 25.0 Å². The minimum atomic E-state index is -0.156. The van der Waals surface area contributed by atoms with E-state index in [0.29, 0.717) is 26.2 Å². The van der Waals surface area contributed by atoms with Crippen molar-refractivity contribution in [2.24, 2.45) is 0 Å². The van der Waals surface area contributed by atoms with Crippen LogP contribution in [-0.4, -0.2) is 47.8 Å². The summed E-state index contributed by atoms with van der Waals surface area (Å²) >= 11 is 0. The second kappa shape index (κ2) is 8.14. The van der Waals surface area contributed by atoms with Crippen LogP contribution in [0.4, 0.5) is 0 Å². The largest absolute Gasteiger partial charge is 0.340 e. The molecule has 0 N–H and O–H groups in total. The van der Waals surface area contributed by atoms with Crippen molar-refractivity contribution in [1.82, 2.24) is 9.80 Å². The van der Waals surface area contributed by atoms with E-state index in [9.17, 15) is 9.59 Å². The van der Waals surface area contributed by atoms with Gasteiger partial charge in [0.2, 0.25) is 11.8 Å². The monoisotopic (exact) mass is 311 g/mol. The average molecular weight is 311 g/mol. The molecule has 0 radical (unpaired) electrons. The molecule has 1 saturated heterocycles. The Balaban J connectivity index is 1.91. The van der Waals surface area contributed by atoms with Crippen molar-refractivity contribution in [3.63, 3.8) is 0 Å². The number of benzene rings is 1. The predicted molar refractivity (Wildman–Crippen MR) is 88.2 cm³/mol. The molecular weight excluding hydrogens is 290 g/mol. The minimum absolute atomic E-state index is 0.0415. The Hall–Kier alpha value is -2.61. The highest BCUT2D eigenvalue weighted by molar-refractivity contribution is 5.91. The number of nitriles is 1. The van der Waals surface area contributed by atoms with Gasteiger partial charge in [0, 0.05) is 32.3 Å². The van der Waals surface area contributed by atoms with Crippen molar-refractivity contribution in [2.45, 2.75) is 19.8 Å². The summed E-state index contributed by atoms with van der Waals surface area (Å²) in [6.07, 6.45) is 4.03. The van der Waals surface area contributed by atoms with E-state index in [1.807, 2.05) is 43.3 Å². The molecule has 1 aromatic carbocycles. The van der Waals surface area contributed by atoms with Crippen molar-refractivity contribution in [1.29, 1.82) is 5.26 Å². The predicted octanol–water partition coefficient (Wildman–Crippen LogP) is 1.98. The van der Waals surface area contributed by atoms with Crippen molar-refractivity contribution in [3.05, 3.63) is 41.5 Å². The SMILES string of the molecule is Cc1ccc(/C=C/C(=O)N2CCCN(C(=O)CC#N)CC2)cc1. The van der Waals surface area contributed by atoms with Gasteiger partial charge in [0.15, 0.2) is 0 Å². The van der Waals surface area contributed by atoms with Gasteiger partial charge in [-0.1, -0.05) is 29.8 Å². The lowest BCUT2D eigenvalue weighted by atomic mass is 10.1. The van der Waals surface area contributed by atoms with Gasteiger partial charge in [-0.2, -0.15) is 5.26 Å². The number of hydrogen-bond acceptors (Lipinski definition) is 3. The number of nitrogens with zero attached hydrogens (tertiary/aromatic N) is 3. The first-order valence-electron chi connectivity index (χ1n) is 7.78. The van der Waals surface area contributed by atoms with E-state index >= 15 is 0 Å². The first-order valence-corrected chi connectivity index (χ1v) is 7.78. The second-order valence-corrected chi connectivity index (χ2v) is 5.64. The van der Waals surface area contributed by atoms with Crippen molar-refractivity contribution in [2.75, 3.05) is 26.2 Å². The van der Waals surface area contributed by atoms with Crippen LogP contribution in [0.25, 0.3) is 6.08 Å². The lowest BCUT2D eigenvalue weighted by Gasteiger charge is -2.20. The molecule has 120 valence electrons. The molecule has 2 rings (SSSR count). The Labute approximate surface area is 136 Å². The molecule has 0 spiro atoms. The zero-order valence-electron chi connectivity index (χ0n) is 13.4. The Morgan fingerprint density at radius 2 is 1.78 bits per heavy atom. The minimum Gasteiger partial charge on any atom is -0.340 e. The number of rotatable bonds is 3. The van der Waals surface area contributed by atoms with E-state index in [1.54, 1.807) is 15.9 Å². The second-order valence-electron chi connectivity index (χ2n) is 5.64. The molecular formula is C18H21N3O2. The van der Waals surface area contributed by atoms with E-state index in [2.05, 4.69) is 0 Å². The Kier molecular flexibility index (Phi) is 5.93. The average Bonchev–Trinajstić information content (AvgIpc) is 2.80. The molecule has 2 amide bonds. The van der Waals surface area contributed by atoms with Crippen LogP contribution in [0.2, 0.25) is 0 Å². The molecule has 0 aliphatic carbocycles. The van der Waals surface area contributed by atoms with Crippen LogP contribution in [0.5, 0.6) is 0 Å². The van der Waals surface area contributed by atoms with Gasteiger partial charge in [-0.3, -0.25) is 9.59 Å². The van der Waals surface area contributed by atoms with Crippen LogP contribution < -0.4 is 0 Å². The zero-order chi connectivity index (χ0) is 16.7. The number of aryl methyl sites for hydroxylation is 1. The highest BCUT2D eigenvalue weighted by Gasteiger charge is 2.20. The molecule has 0 saturated carbocycles. The van der Waals surface area contributed by atoms with Gasteiger partial charge in [0.25, 0.3) is 0 Å². The third-order valence-corrected chi connectivity index (χ3v) is 3.89. The fourth-order valence-corrected chi connectivity index (χ4v) is 2.52. The summed E-state index contributed by atoms with van der Waals surface area (Å²) < 4.78 is 0. The molecule has 0 atom stereocenters. The van der Waals surface area contributed by atoms with E-state index in [1.165, 1.54) is 5.56 Å². The molecule has 1 fully saturated rings. The van der Waals surface area contributed by atoms with Crippen LogP contribution in [0.1, 0.15) is 24.0 Å². The first kappa shape index (κ1) is 16.8. The highest BCUT2D eigenvalue weighted by Crippen LogP contribution is 2.08. The summed E-state index contributed by atoms with van der Waals surface area (Å²) in [6, 6.07) is 9.85. The van der Waals surface area contributed by atoms with Gasteiger partial charge in [0.05, 0.1) is 6.07 Å². The van der Waals surface area contributed by atoms with Crippen molar-refractivity contribution >= 4 is 17.9 Å². The summed E-state index contributed by atoms with van der Waals surface area (Å²) in [5.74, 6) is -0.197. The highest BCUT2D eigenvalue weighted by atomic mass is 16.2. The molecule has 0 aromatic heterocycles. The van der Waals surface area contributed by atoms with Crippen LogP contribution in [0.3, 0.4) is 0 Å². The van der Waals surface area contributed by atoms with Crippen LogP contribution >= 0.6 is 0 Å². The molecule has 5 nitrogen and oxygen atoms in total. The summed E-state index contributed by atoms with van der Waals surface area (Å²) in [5, 5.41) is 8.60. The van der Waals surface area contributed by atoms with Gasteiger partial charge >= 0.3 is 0 Å². The third-order valence-electron chi connectivity index (χ3n) is 3.89. The van der Waals surface area contributed by atoms with Gasteiger partial charge < -0.3 is 9.80 Å². The third kappa shape index (κ3) is 4.96. The fraction of sp³-hybridized carbons (Fsp3) is 0.389. The molecule has 1 heterocycles. The molecule has 0 bridgehead atoms. The van der Waals surface area contributed by atoms with Gasteiger partial charge in [-0.25, -0.2) is 0 Å².